The third-order valence-electron chi connectivity index (χ3n) is 5.03. The van der Waals surface area contributed by atoms with Gasteiger partial charge in [0.1, 0.15) is 13.2 Å². The van der Waals surface area contributed by atoms with Gasteiger partial charge in [-0.3, -0.25) is 14.3 Å². The van der Waals surface area contributed by atoms with E-state index in [2.05, 4.69) is 20.5 Å². The number of halogens is 2. The number of benzene rings is 2. The number of thioether (sulfide) groups is 2. The predicted octanol–water partition coefficient (Wildman–Crippen LogP) is 5.15. The molecule has 0 unspecified atom stereocenters. The number of ether oxygens (including phenoxy) is 2. The summed E-state index contributed by atoms with van der Waals surface area (Å²) < 4.78 is 38.3. The lowest BCUT2D eigenvalue weighted by molar-refractivity contribution is -0.113. The number of carbonyl (C=O) groups excluding carboxylic acids is 1. The first-order chi connectivity index (χ1) is 17.6. The molecule has 0 aliphatic carbocycles. The van der Waals surface area contributed by atoms with Crippen LogP contribution in [0.5, 0.6) is 11.5 Å². The van der Waals surface area contributed by atoms with Crippen LogP contribution in [0, 0.1) is 0 Å². The summed E-state index contributed by atoms with van der Waals surface area (Å²) >= 11 is 1.68. The number of aromatic nitrogens is 4. The molecule has 0 saturated carbocycles. The maximum atomic E-state index is 12.7. The van der Waals surface area contributed by atoms with Crippen LogP contribution in [-0.4, -0.2) is 50.4 Å². The van der Waals surface area contributed by atoms with Crippen molar-refractivity contribution in [3.8, 4) is 28.6 Å². The zero-order valence-electron chi connectivity index (χ0n) is 18.6. The van der Waals surface area contributed by atoms with Crippen molar-refractivity contribution in [2.24, 2.45) is 0 Å². The Kier molecular flexibility index (Phi) is 7.33. The average Bonchev–Trinajstić information content (AvgIpc) is 3.32. The van der Waals surface area contributed by atoms with E-state index in [0.717, 1.165) is 5.56 Å². The van der Waals surface area contributed by atoms with Crippen molar-refractivity contribution in [1.29, 1.82) is 0 Å². The van der Waals surface area contributed by atoms with Crippen molar-refractivity contribution in [1.82, 2.24) is 19.7 Å². The van der Waals surface area contributed by atoms with Crippen molar-refractivity contribution in [3.05, 3.63) is 67.0 Å². The number of amides is 1. The molecule has 12 heteroatoms. The summed E-state index contributed by atoms with van der Waals surface area (Å²) in [6.07, 6.45) is 3.31. The molecule has 0 radical (unpaired) electrons. The van der Waals surface area contributed by atoms with Gasteiger partial charge >= 0.3 is 0 Å². The SMILES string of the molecule is O=C(CSc1nnc(-c2cccnc2)n1-c1ccc(SC(F)F)cc1)Nc1ccc2c(c1)OCCO2. The van der Waals surface area contributed by atoms with Crippen LogP contribution in [0.15, 0.2) is 77.0 Å². The molecule has 0 atom stereocenters. The van der Waals surface area contributed by atoms with Gasteiger partial charge in [0.2, 0.25) is 5.91 Å². The number of hydrogen-bond donors (Lipinski definition) is 1. The lowest BCUT2D eigenvalue weighted by Crippen LogP contribution is -2.17. The van der Waals surface area contributed by atoms with Crippen LogP contribution in [-0.2, 0) is 4.79 Å². The number of nitrogens with zero attached hydrogens (tertiary/aromatic N) is 4. The standard InChI is InChI=1S/C24H19F2N5O3S2/c25-23(26)36-18-6-4-17(5-7-18)31-22(15-2-1-9-27-13-15)29-30-24(31)35-14-21(32)28-16-3-8-19-20(12-16)34-11-10-33-19/h1-9,12-13,23H,10-11,14H2,(H,28,32). The molecular weight excluding hydrogens is 508 g/mol. The quantitative estimate of drug-likeness (QED) is 0.315. The fraction of sp³-hybridized carbons (Fsp3) is 0.167. The van der Waals surface area contributed by atoms with Crippen LogP contribution < -0.4 is 14.8 Å². The molecule has 2 aromatic heterocycles. The van der Waals surface area contributed by atoms with E-state index in [1.807, 2.05) is 6.07 Å². The Labute approximate surface area is 213 Å². The smallest absolute Gasteiger partial charge is 0.288 e. The monoisotopic (exact) mass is 527 g/mol. The van der Waals surface area contributed by atoms with Gasteiger partial charge in [0.15, 0.2) is 22.5 Å². The Morgan fingerprint density at radius 1 is 1.06 bits per heavy atom. The summed E-state index contributed by atoms with van der Waals surface area (Å²) in [5.41, 5.74) is 1.99. The molecule has 2 aromatic carbocycles. The van der Waals surface area contributed by atoms with Crippen LogP contribution in [0.2, 0.25) is 0 Å². The second kappa shape index (κ2) is 11.0. The van der Waals surface area contributed by atoms with Gasteiger partial charge in [-0.2, -0.15) is 8.78 Å². The van der Waals surface area contributed by atoms with Crippen molar-refractivity contribution in [2.45, 2.75) is 15.8 Å². The lowest BCUT2D eigenvalue weighted by Gasteiger charge is -2.19. The van der Waals surface area contributed by atoms with Gasteiger partial charge < -0.3 is 14.8 Å². The minimum atomic E-state index is -2.50. The number of hydrogen-bond acceptors (Lipinski definition) is 8. The first kappa shape index (κ1) is 24.1. The summed E-state index contributed by atoms with van der Waals surface area (Å²) in [6.45, 7) is 0.946. The van der Waals surface area contributed by atoms with Crippen molar-refractivity contribution >= 4 is 35.1 Å². The molecule has 3 heterocycles. The lowest BCUT2D eigenvalue weighted by atomic mass is 10.2. The second-order valence-electron chi connectivity index (χ2n) is 7.45. The van der Waals surface area contributed by atoms with Crippen molar-refractivity contribution in [2.75, 3.05) is 24.3 Å². The van der Waals surface area contributed by atoms with E-state index in [1.165, 1.54) is 11.8 Å². The molecule has 0 spiro atoms. The van der Waals surface area contributed by atoms with Gasteiger partial charge in [-0.15, -0.1) is 10.2 Å². The normalized spacial score (nSPS) is 12.5. The number of carbonyl (C=O) groups is 1. The maximum Gasteiger partial charge on any atom is 0.288 e. The third-order valence-corrected chi connectivity index (χ3v) is 6.68. The zero-order valence-corrected chi connectivity index (χ0v) is 20.3. The number of alkyl halides is 2. The molecule has 0 saturated heterocycles. The molecule has 0 bridgehead atoms. The Morgan fingerprint density at radius 2 is 1.86 bits per heavy atom. The Bertz CT molecular complexity index is 1350. The van der Waals surface area contributed by atoms with E-state index in [9.17, 15) is 13.6 Å². The molecule has 4 aromatic rings. The van der Waals surface area contributed by atoms with E-state index in [1.54, 1.807) is 65.5 Å². The average molecular weight is 528 g/mol. The largest absolute Gasteiger partial charge is 0.486 e. The zero-order chi connectivity index (χ0) is 24.9. The minimum absolute atomic E-state index is 0.0684. The Morgan fingerprint density at radius 3 is 2.61 bits per heavy atom. The summed E-state index contributed by atoms with van der Waals surface area (Å²) in [7, 11) is 0. The van der Waals surface area contributed by atoms with E-state index < -0.39 is 5.76 Å². The fourth-order valence-electron chi connectivity index (χ4n) is 3.50. The first-order valence-electron chi connectivity index (χ1n) is 10.8. The fourth-order valence-corrected chi connectivity index (χ4v) is 4.75. The van der Waals surface area contributed by atoms with Crippen LogP contribution >= 0.6 is 23.5 Å². The van der Waals surface area contributed by atoms with Gasteiger partial charge in [-0.25, -0.2) is 0 Å². The second-order valence-corrected chi connectivity index (χ2v) is 9.46. The Hall–Kier alpha value is -3.64. The molecule has 5 rings (SSSR count). The molecule has 36 heavy (non-hydrogen) atoms. The number of anilines is 1. The summed E-state index contributed by atoms with van der Waals surface area (Å²) in [4.78, 5) is 17.3. The first-order valence-corrected chi connectivity index (χ1v) is 12.7. The van der Waals surface area contributed by atoms with Gasteiger partial charge in [0.25, 0.3) is 5.76 Å². The maximum absolute atomic E-state index is 12.7. The number of nitrogens with one attached hydrogen (secondary N) is 1. The molecule has 0 fully saturated rings. The van der Waals surface area contributed by atoms with Gasteiger partial charge in [0, 0.05) is 40.3 Å². The molecular formula is C24H19F2N5O3S2. The highest BCUT2D eigenvalue weighted by molar-refractivity contribution is 8.00. The number of pyridine rings is 1. The topological polar surface area (TPSA) is 91.2 Å². The van der Waals surface area contributed by atoms with Gasteiger partial charge in [-0.1, -0.05) is 23.5 Å². The Balaban J connectivity index is 1.35. The summed E-state index contributed by atoms with van der Waals surface area (Å²) in [5, 5.41) is 11.9. The molecule has 1 amide bonds. The van der Waals surface area contributed by atoms with Crippen LogP contribution in [0.4, 0.5) is 14.5 Å². The van der Waals surface area contributed by atoms with E-state index in [0.29, 0.717) is 63.7 Å². The van der Waals surface area contributed by atoms with Crippen LogP contribution in [0.3, 0.4) is 0 Å². The summed E-state index contributed by atoms with van der Waals surface area (Å²) in [6, 6.07) is 15.5. The number of rotatable bonds is 8. The van der Waals surface area contributed by atoms with Crippen molar-refractivity contribution in [3.63, 3.8) is 0 Å². The molecule has 1 aliphatic rings. The highest BCUT2D eigenvalue weighted by atomic mass is 32.2. The number of fused-ring (bicyclic) bond motifs is 1. The van der Waals surface area contributed by atoms with Crippen LogP contribution in [0.25, 0.3) is 17.1 Å². The van der Waals surface area contributed by atoms with E-state index in [4.69, 9.17) is 9.47 Å². The molecule has 1 aliphatic heterocycles. The van der Waals surface area contributed by atoms with Gasteiger partial charge in [-0.05, 0) is 48.5 Å². The predicted molar refractivity (Wildman–Crippen MR) is 133 cm³/mol. The van der Waals surface area contributed by atoms with Gasteiger partial charge in [0.05, 0.1) is 5.75 Å². The highest BCUT2D eigenvalue weighted by Gasteiger charge is 2.19. The summed E-state index contributed by atoms with van der Waals surface area (Å²) in [5.74, 6) is -0.928. The molecule has 8 nitrogen and oxygen atoms in total. The van der Waals surface area contributed by atoms with E-state index >= 15 is 0 Å². The third kappa shape index (κ3) is 5.60. The highest BCUT2D eigenvalue weighted by Crippen LogP contribution is 2.33. The molecule has 1 N–H and O–H groups in total. The van der Waals surface area contributed by atoms with Crippen molar-refractivity contribution < 1.29 is 23.0 Å². The molecule has 184 valence electrons. The van der Waals surface area contributed by atoms with E-state index in [-0.39, 0.29) is 11.7 Å². The minimum Gasteiger partial charge on any atom is -0.486 e. The van der Waals surface area contributed by atoms with Crippen LogP contribution in [0.1, 0.15) is 0 Å².